The summed E-state index contributed by atoms with van der Waals surface area (Å²) in [5.41, 5.74) is 0.544. The van der Waals surface area contributed by atoms with Gasteiger partial charge in [0.15, 0.2) is 0 Å². The standard InChI is InChI=1S/C11H14BrClN2O/c1-7(4-13)8(2)15-11(16)9-3-10(12)6-14-5-9/h3,5-8H,4H2,1-2H3,(H,15,16). The van der Waals surface area contributed by atoms with Crippen molar-refractivity contribution >= 4 is 33.4 Å². The van der Waals surface area contributed by atoms with Gasteiger partial charge < -0.3 is 5.32 Å². The quantitative estimate of drug-likeness (QED) is 0.869. The minimum absolute atomic E-state index is 0.0454. The third kappa shape index (κ3) is 3.76. The molecule has 0 aliphatic carbocycles. The van der Waals surface area contributed by atoms with Crippen LogP contribution in [-0.4, -0.2) is 22.8 Å². The Kier molecular flexibility index (Phi) is 5.22. The summed E-state index contributed by atoms with van der Waals surface area (Å²) < 4.78 is 0.790. The van der Waals surface area contributed by atoms with Gasteiger partial charge in [0.25, 0.3) is 5.91 Å². The molecule has 0 aliphatic rings. The van der Waals surface area contributed by atoms with E-state index in [1.807, 2.05) is 13.8 Å². The first kappa shape index (κ1) is 13.5. The number of carbonyl (C=O) groups excluding carboxylic acids is 1. The number of hydrogen-bond donors (Lipinski definition) is 1. The van der Waals surface area contributed by atoms with Crippen molar-refractivity contribution in [1.29, 1.82) is 0 Å². The Hall–Kier alpha value is -0.610. The van der Waals surface area contributed by atoms with Crippen LogP contribution < -0.4 is 5.32 Å². The number of rotatable bonds is 4. The van der Waals surface area contributed by atoms with Crippen LogP contribution in [0.4, 0.5) is 0 Å². The van der Waals surface area contributed by atoms with Gasteiger partial charge in [-0.3, -0.25) is 9.78 Å². The van der Waals surface area contributed by atoms with Gasteiger partial charge in [-0.25, -0.2) is 0 Å². The molecule has 1 amide bonds. The maximum Gasteiger partial charge on any atom is 0.253 e. The molecule has 0 bridgehead atoms. The molecule has 2 unspecified atom stereocenters. The summed E-state index contributed by atoms with van der Waals surface area (Å²) >= 11 is 9.01. The number of amides is 1. The number of carbonyl (C=O) groups is 1. The summed E-state index contributed by atoms with van der Waals surface area (Å²) in [5.74, 6) is 0.641. The zero-order valence-electron chi connectivity index (χ0n) is 9.21. The zero-order valence-corrected chi connectivity index (χ0v) is 11.5. The molecule has 1 rings (SSSR count). The number of nitrogens with one attached hydrogen (secondary N) is 1. The predicted molar refractivity (Wildman–Crippen MR) is 68.7 cm³/mol. The van der Waals surface area contributed by atoms with Crippen molar-refractivity contribution in [2.24, 2.45) is 5.92 Å². The monoisotopic (exact) mass is 304 g/mol. The Bertz CT molecular complexity index is 373. The van der Waals surface area contributed by atoms with Crippen LogP contribution in [0.5, 0.6) is 0 Å². The molecule has 0 spiro atoms. The summed E-state index contributed by atoms with van der Waals surface area (Å²) in [5, 5.41) is 2.89. The van der Waals surface area contributed by atoms with Crippen LogP contribution in [-0.2, 0) is 0 Å². The van der Waals surface area contributed by atoms with E-state index < -0.39 is 0 Å². The Balaban J connectivity index is 2.66. The molecule has 1 aromatic heterocycles. The van der Waals surface area contributed by atoms with Gasteiger partial charge >= 0.3 is 0 Å². The molecular weight excluding hydrogens is 291 g/mol. The van der Waals surface area contributed by atoms with E-state index in [9.17, 15) is 4.79 Å². The first-order valence-corrected chi connectivity index (χ1v) is 6.34. The molecular formula is C11H14BrClN2O. The molecule has 1 N–H and O–H groups in total. The molecule has 0 saturated carbocycles. The number of hydrogen-bond acceptors (Lipinski definition) is 2. The maximum absolute atomic E-state index is 11.8. The number of alkyl halides is 1. The molecule has 3 nitrogen and oxygen atoms in total. The lowest BCUT2D eigenvalue weighted by Crippen LogP contribution is -2.37. The molecule has 88 valence electrons. The van der Waals surface area contributed by atoms with Gasteiger partial charge in [-0.2, -0.15) is 0 Å². The third-order valence-corrected chi connectivity index (χ3v) is 3.34. The molecule has 0 radical (unpaired) electrons. The van der Waals surface area contributed by atoms with E-state index in [0.717, 1.165) is 4.47 Å². The fraction of sp³-hybridized carbons (Fsp3) is 0.455. The first-order chi connectivity index (χ1) is 7.54. The largest absolute Gasteiger partial charge is 0.349 e. The van der Waals surface area contributed by atoms with Crippen molar-refractivity contribution in [1.82, 2.24) is 10.3 Å². The second kappa shape index (κ2) is 6.21. The van der Waals surface area contributed by atoms with Crippen molar-refractivity contribution < 1.29 is 4.79 Å². The van der Waals surface area contributed by atoms with E-state index in [-0.39, 0.29) is 17.9 Å². The van der Waals surface area contributed by atoms with Gasteiger partial charge in [0, 0.05) is 28.8 Å². The molecule has 0 fully saturated rings. The average molecular weight is 306 g/mol. The smallest absolute Gasteiger partial charge is 0.253 e. The van der Waals surface area contributed by atoms with Crippen molar-refractivity contribution in [3.63, 3.8) is 0 Å². The van der Waals surface area contributed by atoms with Crippen molar-refractivity contribution in [3.05, 3.63) is 28.5 Å². The van der Waals surface area contributed by atoms with E-state index in [1.54, 1.807) is 12.3 Å². The molecule has 1 heterocycles. The average Bonchev–Trinajstić information content (AvgIpc) is 2.27. The Morgan fingerprint density at radius 1 is 1.56 bits per heavy atom. The van der Waals surface area contributed by atoms with Crippen LogP contribution in [0.2, 0.25) is 0 Å². The van der Waals surface area contributed by atoms with Crippen LogP contribution in [0.25, 0.3) is 0 Å². The number of halogens is 2. The van der Waals surface area contributed by atoms with Crippen molar-refractivity contribution in [3.8, 4) is 0 Å². The topological polar surface area (TPSA) is 42.0 Å². The van der Waals surface area contributed by atoms with Crippen LogP contribution >= 0.6 is 27.5 Å². The zero-order chi connectivity index (χ0) is 12.1. The maximum atomic E-state index is 11.8. The van der Waals surface area contributed by atoms with Gasteiger partial charge in [-0.05, 0) is 34.8 Å². The van der Waals surface area contributed by atoms with Crippen molar-refractivity contribution in [2.75, 3.05) is 5.88 Å². The fourth-order valence-electron chi connectivity index (χ4n) is 1.10. The highest BCUT2D eigenvalue weighted by Gasteiger charge is 2.15. The highest BCUT2D eigenvalue weighted by atomic mass is 79.9. The first-order valence-electron chi connectivity index (χ1n) is 5.02. The molecule has 2 atom stereocenters. The number of nitrogens with zero attached hydrogens (tertiary/aromatic N) is 1. The minimum atomic E-state index is -0.127. The van der Waals surface area contributed by atoms with Gasteiger partial charge in [0.05, 0.1) is 5.56 Å². The Morgan fingerprint density at radius 3 is 2.81 bits per heavy atom. The summed E-state index contributed by atoms with van der Waals surface area (Å²) in [6.45, 7) is 3.94. The highest BCUT2D eigenvalue weighted by Crippen LogP contribution is 2.11. The fourth-order valence-corrected chi connectivity index (χ4v) is 1.73. The number of aromatic nitrogens is 1. The molecule has 0 saturated heterocycles. The lowest BCUT2D eigenvalue weighted by atomic mass is 10.1. The van der Waals surface area contributed by atoms with Crippen LogP contribution in [0, 0.1) is 5.92 Å². The summed E-state index contributed by atoms with van der Waals surface area (Å²) in [4.78, 5) is 15.8. The Labute approximate surface area is 109 Å². The lowest BCUT2D eigenvalue weighted by Gasteiger charge is -2.18. The van der Waals surface area contributed by atoms with Crippen LogP contribution in [0.1, 0.15) is 24.2 Å². The normalized spacial score (nSPS) is 14.2. The molecule has 1 aromatic rings. The van der Waals surface area contributed by atoms with Crippen LogP contribution in [0.15, 0.2) is 22.9 Å². The molecule has 0 aromatic carbocycles. The number of pyridine rings is 1. The van der Waals surface area contributed by atoms with Gasteiger partial charge in [0.2, 0.25) is 0 Å². The third-order valence-electron chi connectivity index (χ3n) is 2.42. The van der Waals surface area contributed by atoms with Crippen LogP contribution in [0.3, 0.4) is 0 Å². The summed E-state index contributed by atoms with van der Waals surface area (Å²) in [6, 6.07) is 1.78. The minimum Gasteiger partial charge on any atom is -0.349 e. The summed E-state index contributed by atoms with van der Waals surface area (Å²) in [6.07, 6.45) is 3.18. The molecule has 5 heteroatoms. The van der Waals surface area contributed by atoms with E-state index in [4.69, 9.17) is 11.6 Å². The predicted octanol–water partition coefficient (Wildman–Crippen LogP) is 2.84. The molecule has 0 aliphatic heterocycles. The van der Waals surface area contributed by atoms with E-state index >= 15 is 0 Å². The second-order valence-electron chi connectivity index (χ2n) is 3.79. The lowest BCUT2D eigenvalue weighted by molar-refractivity contribution is 0.0930. The van der Waals surface area contributed by atoms with Gasteiger partial charge in [0.1, 0.15) is 0 Å². The summed E-state index contributed by atoms with van der Waals surface area (Å²) in [7, 11) is 0. The van der Waals surface area contributed by atoms with E-state index in [2.05, 4.69) is 26.2 Å². The van der Waals surface area contributed by atoms with E-state index in [1.165, 1.54) is 6.20 Å². The molecule has 16 heavy (non-hydrogen) atoms. The van der Waals surface area contributed by atoms with Gasteiger partial charge in [-0.1, -0.05) is 6.92 Å². The van der Waals surface area contributed by atoms with Gasteiger partial charge in [-0.15, -0.1) is 11.6 Å². The van der Waals surface area contributed by atoms with E-state index in [0.29, 0.717) is 11.4 Å². The Morgan fingerprint density at radius 2 is 2.25 bits per heavy atom. The van der Waals surface area contributed by atoms with Crippen molar-refractivity contribution in [2.45, 2.75) is 19.9 Å². The second-order valence-corrected chi connectivity index (χ2v) is 5.01. The SMILES string of the molecule is CC(CCl)C(C)NC(=O)c1cncc(Br)c1. The highest BCUT2D eigenvalue weighted by molar-refractivity contribution is 9.10.